The van der Waals surface area contributed by atoms with Crippen LogP contribution >= 0.6 is 0 Å². The first-order chi connectivity index (χ1) is 16.8. The molecule has 1 aliphatic heterocycles. The number of hydrogen-bond acceptors (Lipinski definition) is 4. The van der Waals surface area contributed by atoms with Crippen molar-refractivity contribution >= 4 is 21.8 Å². The van der Waals surface area contributed by atoms with E-state index in [1.165, 1.54) is 16.8 Å². The molecule has 4 atom stereocenters. The number of aryl methyl sites for hydroxylation is 1. The number of sulfonamides is 1. The second-order valence-corrected chi connectivity index (χ2v) is 13.9. The van der Waals surface area contributed by atoms with Crippen molar-refractivity contribution in [1.82, 2.24) is 14.5 Å². The second-order valence-electron chi connectivity index (χ2n) is 12.0. The van der Waals surface area contributed by atoms with Crippen LogP contribution in [0.3, 0.4) is 0 Å². The zero-order valence-corrected chi connectivity index (χ0v) is 23.6. The van der Waals surface area contributed by atoms with Crippen molar-refractivity contribution in [2.24, 2.45) is 22.7 Å². The maximum atomic E-state index is 13.7. The molecular weight excluding hydrogens is 474 g/mol. The number of nitrogens with zero attached hydrogens (tertiary/aromatic N) is 2. The standard InChI is InChI=1S/C28H43N3O4S/c1-7-30(8-2)25(33)21-10-9-15-31(18-21)36(34,35)23-16-20(12-11-19(23)3)24(32)29-26-27(4,5)22-13-14-28(26,6)17-22/h11-12,16,21-22,26H,7-10,13-15,17-18H2,1-6H3,(H,29,32)/t21?,22-,26?,28-/m1/s1. The van der Waals surface area contributed by atoms with Crippen LogP contribution in [0.1, 0.15) is 82.6 Å². The molecule has 1 aromatic carbocycles. The molecule has 8 heteroatoms. The molecule has 36 heavy (non-hydrogen) atoms. The van der Waals surface area contributed by atoms with Gasteiger partial charge in [-0.25, -0.2) is 8.42 Å². The Kier molecular flexibility index (Phi) is 7.34. The van der Waals surface area contributed by atoms with E-state index >= 15 is 0 Å². The van der Waals surface area contributed by atoms with Crippen molar-refractivity contribution in [2.45, 2.75) is 84.6 Å². The monoisotopic (exact) mass is 517 g/mol. The summed E-state index contributed by atoms with van der Waals surface area (Å²) in [5.41, 5.74) is 1.08. The van der Waals surface area contributed by atoms with Gasteiger partial charge in [-0.15, -0.1) is 0 Å². The highest BCUT2D eigenvalue weighted by atomic mass is 32.2. The van der Waals surface area contributed by atoms with Gasteiger partial charge in [0.25, 0.3) is 5.91 Å². The van der Waals surface area contributed by atoms with E-state index in [4.69, 9.17) is 0 Å². The summed E-state index contributed by atoms with van der Waals surface area (Å²) in [4.78, 5) is 28.2. The van der Waals surface area contributed by atoms with Gasteiger partial charge in [0.1, 0.15) is 0 Å². The van der Waals surface area contributed by atoms with Gasteiger partial charge in [-0.1, -0.05) is 26.8 Å². The fourth-order valence-electron chi connectivity index (χ4n) is 7.19. The van der Waals surface area contributed by atoms with Crippen LogP contribution in [0.15, 0.2) is 23.1 Å². The fraction of sp³-hybridized carbons (Fsp3) is 0.714. The molecule has 200 valence electrons. The number of nitrogens with one attached hydrogen (secondary N) is 1. The predicted octanol–water partition coefficient (Wildman–Crippen LogP) is 4.21. The summed E-state index contributed by atoms with van der Waals surface area (Å²) in [5, 5.41) is 3.28. The Balaban J connectivity index is 1.55. The highest BCUT2D eigenvalue weighted by Crippen LogP contribution is 2.62. The lowest BCUT2D eigenvalue weighted by Crippen LogP contribution is -2.52. The molecule has 4 rings (SSSR count). The van der Waals surface area contributed by atoms with Crippen molar-refractivity contribution in [3.63, 3.8) is 0 Å². The van der Waals surface area contributed by atoms with Gasteiger partial charge in [-0.05, 0) is 87.3 Å². The Morgan fingerprint density at radius 1 is 1.14 bits per heavy atom. The summed E-state index contributed by atoms with van der Waals surface area (Å²) in [6.45, 7) is 14.2. The topological polar surface area (TPSA) is 86.8 Å². The van der Waals surface area contributed by atoms with E-state index in [-0.39, 0.29) is 46.0 Å². The molecule has 2 amide bonds. The van der Waals surface area contributed by atoms with Gasteiger partial charge in [0.05, 0.1) is 10.8 Å². The molecule has 1 N–H and O–H groups in total. The first kappa shape index (κ1) is 27.1. The quantitative estimate of drug-likeness (QED) is 0.587. The van der Waals surface area contributed by atoms with Gasteiger partial charge in [0.15, 0.2) is 0 Å². The molecule has 3 fully saturated rings. The van der Waals surface area contributed by atoms with Crippen molar-refractivity contribution in [2.75, 3.05) is 26.2 Å². The van der Waals surface area contributed by atoms with Crippen molar-refractivity contribution in [3.8, 4) is 0 Å². The molecule has 1 aromatic rings. The summed E-state index contributed by atoms with van der Waals surface area (Å²) in [7, 11) is -3.84. The lowest BCUT2D eigenvalue weighted by Gasteiger charge is -2.43. The number of rotatable bonds is 7. The van der Waals surface area contributed by atoms with Gasteiger partial charge in [0.2, 0.25) is 15.9 Å². The van der Waals surface area contributed by atoms with E-state index in [1.54, 1.807) is 24.0 Å². The molecule has 2 aliphatic carbocycles. The zero-order valence-electron chi connectivity index (χ0n) is 22.8. The van der Waals surface area contributed by atoms with E-state index in [9.17, 15) is 18.0 Å². The number of benzene rings is 1. The molecule has 1 saturated heterocycles. The number of fused-ring (bicyclic) bond motifs is 2. The van der Waals surface area contributed by atoms with Gasteiger partial charge in [-0.2, -0.15) is 4.31 Å². The zero-order chi connectivity index (χ0) is 26.5. The third-order valence-electron chi connectivity index (χ3n) is 9.42. The van der Waals surface area contributed by atoms with Crippen LogP contribution in [0.5, 0.6) is 0 Å². The van der Waals surface area contributed by atoms with Crippen LogP contribution in [0, 0.1) is 29.6 Å². The fourth-order valence-corrected chi connectivity index (χ4v) is 8.97. The van der Waals surface area contributed by atoms with Crippen LogP contribution in [-0.2, 0) is 14.8 Å². The molecule has 2 bridgehead atoms. The van der Waals surface area contributed by atoms with Gasteiger partial charge in [-0.3, -0.25) is 9.59 Å². The molecule has 0 radical (unpaired) electrons. The molecule has 7 nitrogen and oxygen atoms in total. The molecular formula is C28H43N3O4S. The normalized spacial score (nSPS) is 29.8. The minimum Gasteiger partial charge on any atom is -0.348 e. The lowest BCUT2D eigenvalue weighted by molar-refractivity contribution is -0.136. The predicted molar refractivity (Wildman–Crippen MR) is 141 cm³/mol. The number of piperidine rings is 1. The van der Waals surface area contributed by atoms with E-state index in [0.717, 1.165) is 12.8 Å². The van der Waals surface area contributed by atoms with Crippen LogP contribution in [0.4, 0.5) is 0 Å². The smallest absolute Gasteiger partial charge is 0.251 e. The molecule has 2 unspecified atom stereocenters. The van der Waals surface area contributed by atoms with Crippen LogP contribution < -0.4 is 5.32 Å². The van der Waals surface area contributed by atoms with Gasteiger partial charge >= 0.3 is 0 Å². The minimum atomic E-state index is -3.84. The molecule has 0 aromatic heterocycles. The summed E-state index contributed by atoms with van der Waals surface area (Å²) >= 11 is 0. The van der Waals surface area contributed by atoms with Gasteiger partial charge < -0.3 is 10.2 Å². The number of carbonyl (C=O) groups is 2. The largest absolute Gasteiger partial charge is 0.348 e. The maximum Gasteiger partial charge on any atom is 0.251 e. The summed E-state index contributed by atoms with van der Waals surface area (Å²) in [6, 6.07) is 5.03. The van der Waals surface area contributed by atoms with Crippen molar-refractivity contribution in [3.05, 3.63) is 29.3 Å². The van der Waals surface area contributed by atoms with Crippen molar-refractivity contribution < 1.29 is 18.0 Å². The number of amides is 2. The van der Waals surface area contributed by atoms with Crippen LogP contribution in [-0.4, -0.2) is 61.7 Å². The first-order valence-electron chi connectivity index (χ1n) is 13.6. The maximum absolute atomic E-state index is 13.7. The average molecular weight is 518 g/mol. The number of carbonyl (C=O) groups excluding carboxylic acids is 2. The second kappa shape index (κ2) is 9.75. The van der Waals surface area contributed by atoms with E-state index in [0.29, 0.717) is 49.5 Å². The Morgan fingerprint density at radius 2 is 1.83 bits per heavy atom. The third kappa shape index (κ3) is 4.60. The highest BCUT2D eigenvalue weighted by molar-refractivity contribution is 7.89. The van der Waals surface area contributed by atoms with E-state index in [1.807, 2.05) is 13.8 Å². The molecule has 0 spiro atoms. The van der Waals surface area contributed by atoms with Gasteiger partial charge in [0, 0.05) is 37.8 Å². The third-order valence-corrected chi connectivity index (χ3v) is 11.4. The Morgan fingerprint density at radius 3 is 2.44 bits per heavy atom. The van der Waals surface area contributed by atoms with E-state index < -0.39 is 10.0 Å². The Bertz CT molecular complexity index is 1120. The first-order valence-corrected chi connectivity index (χ1v) is 15.0. The summed E-state index contributed by atoms with van der Waals surface area (Å²) < 4.78 is 28.9. The minimum absolute atomic E-state index is 0.0163. The molecule has 2 saturated carbocycles. The van der Waals surface area contributed by atoms with Crippen molar-refractivity contribution in [1.29, 1.82) is 0 Å². The van der Waals surface area contributed by atoms with Crippen LogP contribution in [0.2, 0.25) is 0 Å². The molecule has 1 heterocycles. The Labute approximate surface area is 217 Å². The summed E-state index contributed by atoms with van der Waals surface area (Å²) in [6.07, 6.45) is 4.78. The van der Waals surface area contributed by atoms with Crippen LogP contribution in [0.25, 0.3) is 0 Å². The lowest BCUT2D eigenvalue weighted by atomic mass is 9.68. The summed E-state index contributed by atoms with van der Waals surface area (Å²) in [5.74, 6) is 0.0760. The SMILES string of the molecule is CCN(CC)C(=O)C1CCCN(S(=O)(=O)c2cc(C(=O)NC3C(C)(C)[C@@H]4CC[C@]3(C)C4)ccc2C)C1. The Hall–Kier alpha value is -1.93. The molecule has 3 aliphatic rings. The highest BCUT2D eigenvalue weighted by Gasteiger charge is 2.59. The average Bonchev–Trinajstić information content (AvgIpc) is 3.33. The number of hydrogen-bond donors (Lipinski definition) is 1. The van der Waals surface area contributed by atoms with E-state index in [2.05, 4.69) is 26.1 Å².